The van der Waals surface area contributed by atoms with E-state index in [2.05, 4.69) is 23.1 Å². The summed E-state index contributed by atoms with van der Waals surface area (Å²) in [6.07, 6.45) is 2.08. The fraction of sp³-hybridized carbons (Fsp3) is 0.429. The molecule has 19 heavy (non-hydrogen) atoms. The number of rotatable bonds is 5. The van der Waals surface area contributed by atoms with Crippen LogP contribution in [0.15, 0.2) is 42.0 Å². The summed E-state index contributed by atoms with van der Waals surface area (Å²) >= 11 is 0. The van der Waals surface area contributed by atoms with Crippen molar-refractivity contribution in [3.05, 3.63) is 47.5 Å². The van der Waals surface area contributed by atoms with Gasteiger partial charge < -0.3 is 9.05 Å². The van der Waals surface area contributed by atoms with E-state index in [0.29, 0.717) is 0 Å². The SMILES string of the molecule is COP(=O)(OC)C1C(C)=CCN1Cc1ccccc1. The van der Waals surface area contributed by atoms with E-state index < -0.39 is 7.60 Å². The summed E-state index contributed by atoms with van der Waals surface area (Å²) in [6, 6.07) is 10.1. The standard InChI is InChI=1S/C14H20NO3P/c1-12-9-10-15(11-13-7-5-4-6-8-13)14(12)19(16,17-2)18-3/h4-9,14H,10-11H2,1-3H3. The average molecular weight is 281 g/mol. The first-order chi connectivity index (χ1) is 9.10. The second-order valence-corrected chi connectivity index (χ2v) is 6.94. The van der Waals surface area contributed by atoms with Crippen LogP contribution >= 0.6 is 7.60 Å². The fourth-order valence-electron chi connectivity index (χ4n) is 2.45. The smallest absolute Gasteiger partial charge is 0.311 e. The van der Waals surface area contributed by atoms with E-state index in [-0.39, 0.29) is 5.78 Å². The predicted molar refractivity (Wildman–Crippen MR) is 76.0 cm³/mol. The minimum atomic E-state index is -3.12. The summed E-state index contributed by atoms with van der Waals surface area (Å²) in [6.45, 7) is 3.47. The molecular weight excluding hydrogens is 261 g/mol. The van der Waals surface area contributed by atoms with E-state index in [4.69, 9.17) is 9.05 Å². The third-order valence-corrected chi connectivity index (χ3v) is 5.79. The Morgan fingerprint density at radius 3 is 2.47 bits per heavy atom. The molecule has 0 bridgehead atoms. The highest BCUT2D eigenvalue weighted by Crippen LogP contribution is 2.56. The van der Waals surface area contributed by atoms with Gasteiger partial charge in [0.05, 0.1) is 0 Å². The quantitative estimate of drug-likeness (QED) is 0.613. The molecule has 0 radical (unpaired) electrons. The van der Waals surface area contributed by atoms with Gasteiger partial charge in [-0.15, -0.1) is 0 Å². The van der Waals surface area contributed by atoms with Crippen LogP contribution in [0.5, 0.6) is 0 Å². The Hall–Kier alpha value is -0.930. The van der Waals surface area contributed by atoms with Gasteiger partial charge in [-0.2, -0.15) is 0 Å². The normalized spacial score (nSPS) is 20.6. The third-order valence-electron chi connectivity index (χ3n) is 3.44. The van der Waals surface area contributed by atoms with E-state index in [1.165, 1.54) is 19.8 Å². The van der Waals surface area contributed by atoms with Gasteiger partial charge in [-0.1, -0.05) is 36.4 Å². The van der Waals surface area contributed by atoms with Crippen LogP contribution in [0.4, 0.5) is 0 Å². The zero-order valence-corrected chi connectivity index (χ0v) is 12.5. The predicted octanol–water partition coefficient (Wildman–Crippen LogP) is 3.26. The Labute approximate surface area is 114 Å². The van der Waals surface area contributed by atoms with Gasteiger partial charge in [0.2, 0.25) is 0 Å². The molecule has 1 unspecified atom stereocenters. The Kier molecular flexibility index (Phi) is 4.58. The summed E-state index contributed by atoms with van der Waals surface area (Å²) in [5, 5.41) is 0. The second kappa shape index (κ2) is 6.02. The van der Waals surface area contributed by atoms with Gasteiger partial charge in [-0.05, 0) is 18.1 Å². The molecule has 0 saturated carbocycles. The first-order valence-corrected chi connectivity index (χ1v) is 7.87. The van der Waals surface area contributed by atoms with Crippen molar-refractivity contribution in [3.63, 3.8) is 0 Å². The number of hydrogen-bond acceptors (Lipinski definition) is 4. The number of nitrogens with zero attached hydrogens (tertiary/aromatic N) is 1. The Morgan fingerprint density at radius 2 is 1.89 bits per heavy atom. The van der Waals surface area contributed by atoms with Crippen molar-refractivity contribution in [3.8, 4) is 0 Å². The van der Waals surface area contributed by atoms with Crippen LogP contribution in [-0.4, -0.2) is 31.4 Å². The van der Waals surface area contributed by atoms with Gasteiger partial charge in [0.25, 0.3) is 0 Å². The van der Waals surface area contributed by atoms with Crippen molar-refractivity contribution in [1.29, 1.82) is 0 Å². The molecule has 1 aromatic rings. The Balaban J connectivity index is 2.20. The van der Waals surface area contributed by atoms with Crippen LogP contribution in [-0.2, 0) is 20.2 Å². The minimum Gasteiger partial charge on any atom is -0.311 e. The summed E-state index contributed by atoms with van der Waals surface area (Å²) < 4.78 is 23.0. The van der Waals surface area contributed by atoms with Crippen molar-refractivity contribution in [2.45, 2.75) is 19.3 Å². The molecule has 0 spiro atoms. The molecule has 0 N–H and O–H groups in total. The molecule has 0 aromatic heterocycles. The maximum absolute atomic E-state index is 12.6. The highest BCUT2D eigenvalue weighted by atomic mass is 31.2. The van der Waals surface area contributed by atoms with Gasteiger partial charge in [-0.25, -0.2) is 0 Å². The van der Waals surface area contributed by atoms with E-state index in [1.807, 2.05) is 25.1 Å². The minimum absolute atomic E-state index is 0.289. The number of benzene rings is 1. The summed E-state index contributed by atoms with van der Waals surface area (Å²) in [7, 11) is -0.238. The molecule has 1 aliphatic heterocycles. The van der Waals surface area contributed by atoms with Crippen LogP contribution in [0.1, 0.15) is 12.5 Å². The first-order valence-electron chi connectivity index (χ1n) is 6.26. The molecule has 4 nitrogen and oxygen atoms in total. The molecule has 1 aliphatic rings. The van der Waals surface area contributed by atoms with Gasteiger partial charge in [-0.3, -0.25) is 9.46 Å². The monoisotopic (exact) mass is 281 g/mol. The fourth-order valence-corrected chi connectivity index (χ4v) is 4.18. The molecular formula is C14H20NO3P. The van der Waals surface area contributed by atoms with Crippen molar-refractivity contribution in [2.75, 3.05) is 20.8 Å². The van der Waals surface area contributed by atoms with Gasteiger partial charge >= 0.3 is 7.60 Å². The van der Waals surface area contributed by atoms with Crippen molar-refractivity contribution >= 4 is 7.60 Å². The van der Waals surface area contributed by atoms with Gasteiger partial charge in [0.1, 0.15) is 5.78 Å². The molecule has 1 heterocycles. The van der Waals surface area contributed by atoms with E-state index >= 15 is 0 Å². The third kappa shape index (κ3) is 2.98. The lowest BCUT2D eigenvalue weighted by molar-refractivity contribution is 0.219. The van der Waals surface area contributed by atoms with Crippen molar-refractivity contribution < 1.29 is 13.6 Å². The lowest BCUT2D eigenvalue weighted by atomic mass is 10.2. The van der Waals surface area contributed by atoms with E-state index in [9.17, 15) is 4.57 Å². The van der Waals surface area contributed by atoms with Crippen LogP contribution in [0.2, 0.25) is 0 Å². The summed E-state index contributed by atoms with van der Waals surface area (Å²) in [5.74, 6) is -0.289. The highest BCUT2D eigenvalue weighted by Gasteiger charge is 2.42. The van der Waals surface area contributed by atoms with Crippen molar-refractivity contribution in [2.24, 2.45) is 0 Å². The zero-order valence-electron chi connectivity index (χ0n) is 11.6. The molecule has 104 valence electrons. The summed E-state index contributed by atoms with van der Waals surface area (Å²) in [5.41, 5.74) is 2.23. The molecule has 5 heteroatoms. The average Bonchev–Trinajstić information content (AvgIpc) is 2.81. The van der Waals surface area contributed by atoms with Gasteiger partial charge in [0, 0.05) is 27.3 Å². The van der Waals surface area contributed by atoms with E-state index in [0.717, 1.165) is 18.7 Å². The molecule has 0 amide bonds. The lowest BCUT2D eigenvalue weighted by Crippen LogP contribution is -2.32. The Morgan fingerprint density at radius 1 is 1.26 bits per heavy atom. The summed E-state index contributed by atoms with van der Waals surface area (Å²) in [4.78, 5) is 2.12. The zero-order chi connectivity index (χ0) is 13.9. The van der Waals surface area contributed by atoms with Crippen LogP contribution in [0, 0.1) is 0 Å². The van der Waals surface area contributed by atoms with Crippen LogP contribution < -0.4 is 0 Å². The van der Waals surface area contributed by atoms with Crippen LogP contribution in [0.25, 0.3) is 0 Å². The van der Waals surface area contributed by atoms with Gasteiger partial charge in [0.15, 0.2) is 0 Å². The van der Waals surface area contributed by atoms with Crippen molar-refractivity contribution in [1.82, 2.24) is 4.90 Å². The Bertz CT molecular complexity index is 493. The molecule has 1 atom stereocenters. The molecule has 0 fully saturated rings. The molecule has 1 aromatic carbocycles. The van der Waals surface area contributed by atoms with Crippen LogP contribution in [0.3, 0.4) is 0 Å². The molecule has 0 saturated heterocycles. The maximum Gasteiger partial charge on any atom is 0.351 e. The first kappa shape index (κ1) is 14.5. The highest BCUT2D eigenvalue weighted by molar-refractivity contribution is 7.54. The topological polar surface area (TPSA) is 38.8 Å². The largest absolute Gasteiger partial charge is 0.351 e. The van der Waals surface area contributed by atoms with E-state index in [1.54, 1.807) is 0 Å². The number of hydrogen-bond donors (Lipinski definition) is 0. The molecule has 2 rings (SSSR count). The molecule has 0 aliphatic carbocycles. The lowest BCUT2D eigenvalue weighted by Gasteiger charge is -2.30. The second-order valence-electron chi connectivity index (χ2n) is 4.64. The maximum atomic E-state index is 12.6.